The molecule has 166 valence electrons. The molecule has 1 aliphatic heterocycles. The van der Waals surface area contributed by atoms with Crippen LogP contribution in [0.2, 0.25) is 0 Å². The van der Waals surface area contributed by atoms with Gasteiger partial charge in [-0.15, -0.1) is 0 Å². The number of carboxylic acids is 1. The van der Waals surface area contributed by atoms with Gasteiger partial charge >= 0.3 is 5.97 Å². The molecule has 0 aliphatic carbocycles. The Bertz CT molecular complexity index is 520. The fourth-order valence-corrected chi connectivity index (χ4v) is 2.98. The van der Waals surface area contributed by atoms with Gasteiger partial charge in [0.2, 0.25) is 0 Å². The SMILES string of the molecule is CCC(=O)CN1CCN(COC=O)CCN(COC=O)CCN(CC(=O)O)CC1. The second kappa shape index (κ2) is 14.9. The lowest BCUT2D eigenvalue weighted by Gasteiger charge is -2.33. The largest absolute Gasteiger partial charge is 0.480 e. The van der Waals surface area contributed by atoms with Crippen molar-refractivity contribution in [2.75, 3.05) is 78.9 Å². The van der Waals surface area contributed by atoms with Crippen LogP contribution in [0, 0.1) is 0 Å². The average molecular weight is 416 g/mol. The van der Waals surface area contributed by atoms with E-state index in [1.165, 1.54) is 0 Å². The smallest absolute Gasteiger partial charge is 0.317 e. The summed E-state index contributed by atoms with van der Waals surface area (Å²) in [6, 6.07) is 0. The molecule has 1 N–H and O–H groups in total. The molecule has 11 heteroatoms. The van der Waals surface area contributed by atoms with Gasteiger partial charge in [0.1, 0.15) is 19.2 Å². The lowest BCUT2D eigenvalue weighted by Crippen LogP contribution is -2.48. The molecule has 0 atom stereocenters. The van der Waals surface area contributed by atoms with E-state index < -0.39 is 5.97 Å². The van der Waals surface area contributed by atoms with Gasteiger partial charge in [-0.05, 0) is 0 Å². The quantitative estimate of drug-likeness (QED) is 0.398. The molecular weight excluding hydrogens is 384 g/mol. The Hall–Kier alpha value is -2.08. The van der Waals surface area contributed by atoms with Crippen molar-refractivity contribution < 1.29 is 33.8 Å². The van der Waals surface area contributed by atoms with Crippen LogP contribution in [0.4, 0.5) is 0 Å². The maximum Gasteiger partial charge on any atom is 0.317 e. The standard InChI is InChI=1S/C18H32N4O7/c1-2-17(25)11-19-3-4-20(12-18(26)27)6-8-22(14-29-16-24)10-9-21(7-5-19)13-28-15-23/h15-16H,2-14H2,1H3,(H,26,27). The molecule has 11 nitrogen and oxygen atoms in total. The molecule has 0 bridgehead atoms. The predicted octanol–water partition coefficient (Wildman–Crippen LogP) is -1.47. The van der Waals surface area contributed by atoms with Crippen LogP contribution in [0.3, 0.4) is 0 Å². The predicted molar refractivity (Wildman–Crippen MR) is 103 cm³/mol. The highest BCUT2D eigenvalue weighted by Crippen LogP contribution is 2.02. The van der Waals surface area contributed by atoms with E-state index >= 15 is 0 Å². The molecule has 0 amide bonds. The van der Waals surface area contributed by atoms with Gasteiger partial charge in [-0.1, -0.05) is 6.92 Å². The number of ether oxygens (including phenoxy) is 2. The molecule has 0 radical (unpaired) electrons. The number of hydrogen-bond donors (Lipinski definition) is 1. The zero-order valence-corrected chi connectivity index (χ0v) is 17.0. The van der Waals surface area contributed by atoms with E-state index in [1.54, 1.807) is 0 Å². The second-order valence-electron chi connectivity index (χ2n) is 6.86. The number of carboxylic acid groups (broad SMARTS) is 1. The molecule has 0 saturated carbocycles. The normalized spacial score (nSPS) is 18.9. The molecule has 0 aromatic rings. The Kier molecular flexibility index (Phi) is 12.8. The maximum absolute atomic E-state index is 11.9. The van der Waals surface area contributed by atoms with Crippen molar-refractivity contribution in [2.45, 2.75) is 13.3 Å². The van der Waals surface area contributed by atoms with Crippen molar-refractivity contribution in [3.8, 4) is 0 Å². The average Bonchev–Trinajstić information content (AvgIpc) is 2.70. The summed E-state index contributed by atoms with van der Waals surface area (Å²) < 4.78 is 9.75. The van der Waals surface area contributed by atoms with E-state index in [1.807, 2.05) is 26.5 Å². The summed E-state index contributed by atoms with van der Waals surface area (Å²) in [6.07, 6.45) is 0.443. The Morgan fingerprint density at radius 1 is 0.759 bits per heavy atom. The van der Waals surface area contributed by atoms with Crippen LogP contribution in [0.25, 0.3) is 0 Å². The number of aliphatic carboxylic acids is 1. The van der Waals surface area contributed by atoms with E-state index in [-0.39, 0.29) is 25.8 Å². The molecule has 0 unspecified atom stereocenters. The number of Topliss-reactive ketones (excluding diaryl/α,β-unsaturated/α-hetero) is 1. The fraction of sp³-hybridized carbons (Fsp3) is 0.778. The van der Waals surface area contributed by atoms with Gasteiger partial charge in [0.05, 0.1) is 13.1 Å². The minimum Gasteiger partial charge on any atom is -0.480 e. The third-order valence-corrected chi connectivity index (χ3v) is 4.73. The first kappa shape index (κ1) is 25.0. The van der Waals surface area contributed by atoms with Gasteiger partial charge in [0.15, 0.2) is 0 Å². The highest BCUT2D eigenvalue weighted by atomic mass is 16.5. The van der Waals surface area contributed by atoms with E-state index in [4.69, 9.17) is 9.47 Å². The third kappa shape index (κ3) is 11.5. The zero-order chi connectivity index (χ0) is 21.5. The Morgan fingerprint density at radius 3 is 1.48 bits per heavy atom. The molecule has 1 fully saturated rings. The molecule has 1 rings (SSSR count). The molecule has 1 heterocycles. The molecule has 0 aromatic carbocycles. The molecule has 0 aromatic heterocycles. The number of ketones is 1. The van der Waals surface area contributed by atoms with Gasteiger partial charge in [0, 0.05) is 58.8 Å². The van der Waals surface area contributed by atoms with Crippen molar-refractivity contribution in [2.24, 2.45) is 0 Å². The Labute approximate surface area is 171 Å². The van der Waals surface area contributed by atoms with Crippen LogP contribution in [0.5, 0.6) is 0 Å². The topological polar surface area (TPSA) is 120 Å². The van der Waals surface area contributed by atoms with Crippen LogP contribution < -0.4 is 0 Å². The van der Waals surface area contributed by atoms with E-state index in [2.05, 4.69) is 0 Å². The zero-order valence-electron chi connectivity index (χ0n) is 17.0. The molecule has 0 spiro atoms. The van der Waals surface area contributed by atoms with Gasteiger partial charge < -0.3 is 14.6 Å². The van der Waals surface area contributed by atoms with E-state index in [9.17, 15) is 24.3 Å². The highest BCUT2D eigenvalue weighted by Gasteiger charge is 2.19. The summed E-state index contributed by atoms with van der Waals surface area (Å²) in [4.78, 5) is 51.9. The lowest BCUT2D eigenvalue weighted by molar-refractivity contribution is -0.139. The summed E-state index contributed by atoms with van der Waals surface area (Å²) in [7, 11) is 0. The monoisotopic (exact) mass is 416 g/mol. The number of nitrogens with zero attached hydrogens (tertiary/aromatic N) is 4. The van der Waals surface area contributed by atoms with Crippen LogP contribution in [0.1, 0.15) is 13.3 Å². The number of carbonyl (C=O) groups is 4. The van der Waals surface area contributed by atoms with E-state index in [0.29, 0.717) is 78.3 Å². The maximum atomic E-state index is 11.9. The first-order valence-corrected chi connectivity index (χ1v) is 9.71. The van der Waals surface area contributed by atoms with Gasteiger partial charge in [0.25, 0.3) is 12.9 Å². The van der Waals surface area contributed by atoms with Crippen LogP contribution in [-0.4, -0.2) is 128 Å². The second-order valence-corrected chi connectivity index (χ2v) is 6.86. The molecular formula is C18H32N4O7. The van der Waals surface area contributed by atoms with Gasteiger partial charge in [-0.2, -0.15) is 0 Å². The summed E-state index contributed by atoms with van der Waals surface area (Å²) in [6.45, 7) is 7.32. The summed E-state index contributed by atoms with van der Waals surface area (Å²) >= 11 is 0. The molecule has 29 heavy (non-hydrogen) atoms. The Morgan fingerprint density at radius 2 is 1.14 bits per heavy atom. The van der Waals surface area contributed by atoms with Crippen molar-refractivity contribution in [3.05, 3.63) is 0 Å². The fourth-order valence-electron chi connectivity index (χ4n) is 2.98. The molecule has 1 aliphatic rings. The van der Waals surface area contributed by atoms with Crippen molar-refractivity contribution in [3.63, 3.8) is 0 Å². The summed E-state index contributed by atoms with van der Waals surface area (Å²) in [5.74, 6) is -0.795. The van der Waals surface area contributed by atoms with E-state index in [0.717, 1.165) is 0 Å². The first-order valence-electron chi connectivity index (χ1n) is 9.71. The summed E-state index contributed by atoms with van der Waals surface area (Å²) in [5.41, 5.74) is 0. The third-order valence-electron chi connectivity index (χ3n) is 4.73. The molecule has 1 saturated heterocycles. The van der Waals surface area contributed by atoms with Crippen molar-refractivity contribution in [1.29, 1.82) is 0 Å². The van der Waals surface area contributed by atoms with Crippen LogP contribution in [-0.2, 0) is 28.7 Å². The minimum absolute atomic E-state index is 0.1000. The summed E-state index contributed by atoms with van der Waals surface area (Å²) in [5, 5.41) is 9.19. The minimum atomic E-state index is -0.916. The first-order chi connectivity index (χ1) is 14.0. The highest BCUT2D eigenvalue weighted by molar-refractivity contribution is 5.80. The van der Waals surface area contributed by atoms with Crippen molar-refractivity contribution >= 4 is 24.7 Å². The number of carbonyl (C=O) groups excluding carboxylic acids is 3. The lowest BCUT2D eigenvalue weighted by atomic mass is 10.2. The van der Waals surface area contributed by atoms with Crippen molar-refractivity contribution in [1.82, 2.24) is 19.6 Å². The number of hydrogen-bond acceptors (Lipinski definition) is 10. The van der Waals surface area contributed by atoms with Gasteiger partial charge in [-0.3, -0.25) is 38.8 Å². The van der Waals surface area contributed by atoms with Gasteiger partial charge in [-0.25, -0.2) is 0 Å². The van der Waals surface area contributed by atoms with Crippen LogP contribution >= 0.6 is 0 Å². The Balaban J connectivity index is 2.86. The van der Waals surface area contributed by atoms with Crippen LogP contribution in [0.15, 0.2) is 0 Å². The number of rotatable bonds is 11.